The van der Waals surface area contributed by atoms with Crippen LogP contribution < -0.4 is 10.1 Å². The zero-order chi connectivity index (χ0) is 16.3. The first kappa shape index (κ1) is 15.6. The van der Waals surface area contributed by atoms with Crippen molar-refractivity contribution in [2.75, 3.05) is 7.11 Å². The predicted molar refractivity (Wildman–Crippen MR) is 79.3 cm³/mol. The van der Waals surface area contributed by atoms with E-state index in [1.807, 2.05) is 32.0 Å². The molecular weight excluding hydrogens is 286 g/mol. The van der Waals surface area contributed by atoms with Crippen LogP contribution >= 0.6 is 0 Å². The summed E-state index contributed by atoms with van der Waals surface area (Å²) >= 11 is 0. The molecule has 0 bridgehead atoms. The average Bonchev–Trinajstić information content (AvgIpc) is 2.97. The quantitative estimate of drug-likeness (QED) is 0.886. The normalized spacial score (nSPS) is 11.8. The Balaban J connectivity index is 2.17. The number of amides is 1. The minimum Gasteiger partial charge on any atom is -0.496 e. The van der Waals surface area contributed by atoms with E-state index >= 15 is 0 Å². The van der Waals surface area contributed by atoms with Gasteiger partial charge < -0.3 is 19.6 Å². The Bertz CT molecular complexity index is 704. The highest BCUT2D eigenvalue weighted by Gasteiger charge is 2.19. The second-order valence-electron chi connectivity index (χ2n) is 4.91. The summed E-state index contributed by atoms with van der Waals surface area (Å²) in [5, 5.41) is 11.6. The fraction of sp³-hybridized carbons (Fsp3) is 0.250. The Morgan fingerprint density at radius 2 is 1.91 bits per heavy atom. The van der Waals surface area contributed by atoms with Crippen molar-refractivity contribution in [2.24, 2.45) is 0 Å². The first-order valence-electron chi connectivity index (χ1n) is 6.71. The lowest BCUT2D eigenvalue weighted by Gasteiger charge is -2.17. The summed E-state index contributed by atoms with van der Waals surface area (Å²) in [6.45, 7) is 3.76. The molecule has 0 radical (unpaired) electrons. The first-order chi connectivity index (χ1) is 10.4. The van der Waals surface area contributed by atoms with Crippen LogP contribution in [-0.2, 0) is 0 Å². The van der Waals surface area contributed by atoms with Crippen molar-refractivity contribution < 1.29 is 23.8 Å². The second-order valence-corrected chi connectivity index (χ2v) is 4.91. The van der Waals surface area contributed by atoms with Crippen LogP contribution in [0.15, 0.2) is 34.7 Å². The molecular formula is C16H17NO5. The van der Waals surface area contributed by atoms with E-state index in [0.29, 0.717) is 5.75 Å². The lowest BCUT2D eigenvalue weighted by Crippen LogP contribution is -2.26. The number of carbonyl (C=O) groups is 2. The monoisotopic (exact) mass is 303 g/mol. The van der Waals surface area contributed by atoms with Crippen LogP contribution in [0.3, 0.4) is 0 Å². The summed E-state index contributed by atoms with van der Waals surface area (Å²) in [6, 6.07) is 7.94. The Hall–Kier alpha value is -2.76. The highest BCUT2D eigenvalue weighted by atomic mass is 16.5. The summed E-state index contributed by atoms with van der Waals surface area (Å²) in [4.78, 5) is 22.9. The zero-order valence-corrected chi connectivity index (χ0v) is 12.5. The molecule has 2 aromatic rings. The van der Waals surface area contributed by atoms with Crippen LogP contribution in [-0.4, -0.2) is 24.1 Å². The van der Waals surface area contributed by atoms with Crippen molar-refractivity contribution in [1.82, 2.24) is 5.32 Å². The van der Waals surface area contributed by atoms with Gasteiger partial charge in [0.25, 0.3) is 5.91 Å². The number of aryl methyl sites for hydroxylation is 1. The highest BCUT2D eigenvalue weighted by molar-refractivity contribution is 5.93. The van der Waals surface area contributed by atoms with Gasteiger partial charge in [-0.05, 0) is 32.0 Å². The van der Waals surface area contributed by atoms with Crippen molar-refractivity contribution >= 4 is 11.9 Å². The van der Waals surface area contributed by atoms with E-state index in [2.05, 4.69) is 5.32 Å². The predicted octanol–water partition coefficient (Wildman–Crippen LogP) is 2.79. The van der Waals surface area contributed by atoms with Crippen molar-refractivity contribution in [2.45, 2.75) is 19.9 Å². The van der Waals surface area contributed by atoms with Crippen LogP contribution in [0.2, 0.25) is 0 Å². The highest BCUT2D eigenvalue weighted by Crippen LogP contribution is 2.26. The van der Waals surface area contributed by atoms with Gasteiger partial charge in [0.05, 0.1) is 13.2 Å². The number of carboxylic acid groups (broad SMARTS) is 1. The molecule has 0 aliphatic heterocycles. The summed E-state index contributed by atoms with van der Waals surface area (Å²) in [5.41, 5.74) is 1.88. The van der Waals surface area contributed by atoms with E-state index < -0.39 is 11.9 Å². The van der Waals surface area contributed by atoms with Crippen LogP contribution in [0.1, 0.15) is 45.2 Å². The molecule has 0 aliphatic rings. The van der Waals surface area contributed by atoms with Gasteiger partial charge in [-0.2, -0.15) is 0 Å². The molecule has 0 aliphatic carbocycles. The maximum Gasteiger partial charge on any atom is 0.371 e. The molecule has 1 aromatic heterocycles. The number of hydrogen-bond acceptors (Lipinski definition) is 4. The summed E-state index contributed by atoms with van der Waals surface area (Å²) < 4.78 is 10.3. The number of benzene rings is 1. The van der Waals surface area contributed by atoms with Gasteiger partial charge in [0.15, 0.2) is 5.76 Å². The molecule has 22 heavy (non-hydrogen) atoms. The van der Waals surface area contributed by atoms with Crippen LogP contribution in [0.5, 0.6) is 5.75 Å². The molecule has 1 aromatic carbocycles. The third-order valence-electron chi connectivity index (χ3n) is 3.24. The van der Waals surface area contributed by atoms with Crippen LogP contribution in [0.4, 0.5) is 0 Å². The smallest absolute Gasteiger partial charge is 0.371 e. The number of hydrogen-bond donors (Lipinski definition) is 2. The van der Waals surface area contributed by atoms with Crippen molar-refractivity contribution in [3.05, 3.63) is 53.0 Å². The molecule has 1 atom stereocenters. The maximum atomic E-state index is 12.1. The number of carboxylic acids is 1. The fourth-order valence-corrected chi connectivity index (χ4v) is 2.11. The molecule has 2 N–H and O–H groups in total. The largest absolute Gasteiger partial charge is 0.496 e. The number of ether oxygens (including phenoxy) is 1. The van der Waals surface area contributed by atoms with Gasteiger partial charge >= 0.3 is 5.97 Å². The Labute approximate surface area is 127 Å². The van der Waals surface area contributed by atoms with Gasteiger partial charge in [0, 0.05) is 5.56 Å². The summed E-state index contributed by atoms with van der Waals surface area (Å²) in [6.07, 6.45) is 0. The topological polar surface area (TPSA) is 88.8 Å². The summed E-state index contributed by atoms with van der Waals surface area (Å²) in [5.74, 6) is -1.35. The van der Waals surface area contributed by atoms with Gasteiger partial charge in [-0.25, -0.2) is 4.79 Å². The Morgan fingerprint density at radius 3 is 2.50 bits per heavy atom. The summed E-state index contributed by atoms with van der Waals surface area (Å²) in [7, 11) is 1.56. The standard InChI is InChI=1S/C16H17NO5/c1-9-4-5-12(21-3)11(8-9)10(2)17-15(18)13-6-7-14(22-13)16(19)20/h4-8,10H,1-3H3,(H,17,18)(H,19,20). The van der Waals surface area contributed by atoms with Crippen LogP contribution in [0.25, 0.3) is 0 Å². The molecule has 0 fully saturated rings. The average molecular weight is 303 g/mol. The molecule has 6 heteroatoms. The SMILES string of the molecule is COc1ccc(C)cc1C(C)NC(=O)c1ccc(C(=O)O)o1. The molecule has 1 heterocycles. The van der Waals surface area contributed by atoms with E-state index in [4.69, 9.17) is 14.3 Å². The molecule has 116 valence electrons. The van der Waals surface area contributed by atoms with Gasteiger partial charge in [0.2, 0.25) is 5.76 Å². The lowest BCUT2D eigenvalue weighted by atomic mass is 10.0. The molecule has 1 amide bonds. The second kappa shape index (κ2) is 6.34. The van der Waals surface area contributed by atoms with Gasteiger partial charge in [0.1, 0.15) is 5.75 Å². The van der Waals surface area contributed by atoms with Crippen molar-refractivity contribution in [1.29, 1.82) is 0 Å². The number of aromatic carboxylic acids is 1. The van der Waals surface area contributed by atoms with E-state index in [1.165, 1.54) is 12.1 Å². The fourth-order valence-electron chi connectivity index (χ4n) is 2.11. The number of furan rings is 1. The number of methoxy groups -OCH3 is 1. The zero-order valence-electron chi connectivity index (χ0n) is 12.5. The van der Waals surface area contributed by atoms with Gasteiger partial charge in [-0.3, -0.25) is 4.79 Å². The molecule has 0 saturated carbocycles. The minimum absolute atomic E-state index is 0.0455. The first-order valence-corrected chi connectivity index (χ1v) is 6.71. The third kappa shape index (κ3) is 3.28. The van der Waals surface area contributed by atoms with Gasteiger partial charge in [-0.15, -0.1) is 0 Å². The minimum atomic E-state index is -1.22. The van der Waals surface area contributed by atoms with Gasteiger partial charge in [-0.1, -0.05) is 17.7 Å². The number of nitrogens with one attached hydrogen (secondary N) is 1. The molecule has 6 nitrogen and oxygen atoms in total. The van der Waals surface area contributed by atoms with E-state index in [9.17, 15) is 9.59 Å². The van der Waals surface area contributed by atoms with Crippen LogP contribution in [0, 0.1) is 6.92 Å². The van der Waals surface area contributed by atoms with E-state index in [0.717, 1.165) is 11.1 Å². The number of rotatable bonds is 5. The molecule has 0 spiro atoms. The molecule has 0 saturated heterocycles. The van der Waals surface area contributed by atoms with Crippen molar-refractivity contribution in [3.63, 3.8) is 0 Å². The van der Waals surface area contributed by atoms with E-state index in [-0.39, 0.29) is 17.6 Å². The lowest BCUT2D eigenvalue weighted by molar-refractivity contribution is 0.0659. The Morgan fingerprint density at radius 1 is 1.23 bits per heavy atom. The van der Waals surface area contributed by atoms with E-state index in [1.54, 1.807) is 7.11 Å². The Kier molecular flexibility index (Phi) is 4.50. The maximum absolute atomic E-state index is 12.1. The molecule has 1 unspecified atom stereocenters. The van der Waals surface area contributed by atoms with Crippen molar-refractivity contribution in [3.8, 4) is 5.75 Å². The third-order valence-corrected chi connectivity index (χ3v) is 3.24. The number of carbonyl (C=O) groups excluding carboxylic acids is 1. The molecule has 2 rings (SSSR count).